The van der Waals surface area contributed by atoms with E-state index < -0.39 is 0 Å². The molecule has 2 aromatic rings. The molecule has 1 nitrogen and oxygen atoms in total. The van der Waals surface area contributed by atoms with Crippen molar-refractivity contribution < 1.29 is 4.39 Å². The highest BCUT2D eigenvalue weighted by atomic mass is 32.2. The Morgan fingerprint density at radius 1 is 1.10 bits per heavy atom. The Kier molecular flexibility index (Phi) is 5.07. The molecule has 0 heterocycles. The summed E-state index contributed by atoms with van der Waals surface area (Å²) >= 11 is 1.74. The predicted molar refractivity (Wildman–Crippen MR) is 86.0 cm³/mol. The summed E-state index contributed by atoms with van der Waals surface area (Å²) < 4.78 is 14.0. The molecular formula is C17H20FNS. The molecule has 0 saturated carbocycles. The quantitative estimate of drug-likeness (QED) is 0.762. The van der Waals surface area contributed by atoms with Gasteiger partial charge in [0.15, 0.2) is 0 Å². The third-order valence-electron chi connectivity index (χ3n) is 3.30. The molecule has 0 fully saturated rings. The van der Waals surface area contributed by atoms with Crippen molar-refractivity contribution in [3.8, 4) is 0 Å². The lowest BCUT2D eigenvalue weighted by Gasteiger charge is -2.13. The van der Waals surface area contributed by atoms with Crippen molar-refractivity contribution in [1.82, 2.24) is 0 Å². The maximum atomic E-state index is 14.0. The molecule has 0 atom stereocenters. The van der Waals surface area contributed by atoms with Gasteiger partial charge in [-0.1, -0.05) is 31.2 Å². The molecule has 0 amide bonds. The standard InChI is InChI=1S/C17H20FNS/c1-4-20-17-10-16(15(18)9-13(17)3)19-11-14-8-6-5-7-12(14)2/h5-10,19H,4,11H2,1-3H3. The minimum atomic E-state index is -0.184. The van der Waals surface area contributed by atoms with E-state index in [1.165, 1.54) is 11.1 Å². The molecule has 0 unspecified atom stereocenters. The molecule has 0 saturated heterocycles. The third-order valence-corrected chi connectivity index (χ3v) is 4.33. The molecule has 2 aromatic carbocycles. The Labute approximate surface area is 124 Å². The van der Waals surface area contributed by atoms with Crippen molar-refractivity contribution in [2.45, 2.75) is 32.2 Å². The monoisotopic (exact) mass is 289 g/mol. The minimum Gasteiger partial charge on any atom is -0.379 e. The molecule has 1 N–H and O–H groups in total. The van der Waals surface area contributed by atoms with E-state index in [2.05, 4.69) is 31.3 Å². The summed E-state index contributed by atoms with van der Waals surface area (Å²) in [6.07, 6.45) is 0. The zero-order chi connectivity index (χ0) is 14.5. The zero-order valence-electron chi connectivity index (χ0n) is 12.2. The van der Waals surface area contributed by atoms with Crippen LogP contribution in [0.2, 0.25) is 0 Å². The van der Waals surface area contributed by atoms with E-state index in [-0.39, 0.29) is 5.82 Å². The molecule has 20 heavy (non-hydrogen) atoms. The average Bonchev–Trinajstić information content (AvgIpc) is 2.42. The van der Waals surface area contributed by atoms with Crippen molar-refractivity contribution in [2.75, 3.05) is 11.1 Å². The fraction of sp³-hybridized carbons (Fsp3) is 0.294. The van der Waals surface area contributed by atoms with Crippen LogP contribution in [0, 0.1) is 19.7 Å². The first kappa shape index (κ1) is 14.9. The third kappa shape index (κ3) is 3.54. The highest BCUT2D eigenvalue weighted by Gasteiger charge is 2.07. The van der Waals surface area contributed by atoms with Gasteiger partial charge in [0.05, 0.1) is 5.69 Å². The van der Waals surface area contributed by atoms with E-state index in [4.69, 9.17) is 0 Å². The molecule has 0 aromatic heterocycles. The van der Waals surface area contributed by atoms with Gasteiger partial charge in [0.1, 0.15) is 5.82 Å². The molecule has 0 aliphatic carbocycles. The van der Waals surface area contributed by atoms with Gasteiger partial charge in [0.2, 0.25) is 0 Å². The van der Waals surface area contributed by atoms with Crippen LogP contribution in [-0.4, -0.2) is 5.75 Å². The van der Waals surface area contributed by atoms with Crippen LogP contribution >= 0.6 is 11.8 Å². The van der Waals surface area contributed by atoms with Gasteiger partial charge in [-0.15, -0.1) is 11.8 Å². The Morgan fingerprint density at radius 3 is 2.55 bits per heavy atom. The Hall–Kier alpha value is -1.48. The smallest absolute Gasteiger partial charge is 0.146 e. The van der Waals surface area contributed by atoms with Crippen LogP contribution < -0.4 is 5.32 Å². The van der Waals surface area contributed by atoms with Gasteiger partial charge in [-0.25, -0.2) is 4.39 Å². The minimum absolute atomic E-state index is 0.184. The van der Waals surface area contributed by atoms with Gasteiger partial charge in [-0.2, -0.15) is 0 Å². The molecule has 2 rings (SSSR count). The first-order valence-electron chi connectivity index (χ1n) is 6.83. The van der Waals surface area contributed by atoms with Crippen LogP contribution in [0.1, 0.15) is 23.6 Å². The number of thioether (sulfide) groups is 1. The summed E-state index contributed by atoms with van der Waals surface area (Å²) in [6.45, 7) is 6.77. The summed E-state index contributed by atoms with van der Waals surface area (Å²) in [7, 11) is 0. The Balaban J connectivity index is 2.17. The predicted octanol–water partition coefficient (Wildman–Crippen LogP) is 5.17. The molecule has 0 aliphatic rings. The van der Waals surface area contributed by atoms with E-state index in [0.717, 1.165) is 16.2 Å². The lowest BCUT2D eigenvalue weighted by atomic mass is 10.1. The van der Waals surface area contributed by atoms with Crippen LogP contribution in [0.15, 0.2) is 41.3 Å². The molecule has 0 bridgehead atoms. The highest BCUT2D eigenvalue weighted by molar-refractivity contribution is 7.99. The van der Waals surface area contributed by atoms with Crippen LogP contribution in [0.3, 0.4) is 0 Å². The van der Waals surface area contributed by atoms with E-state index in [9.17, 15) is 4.39 Å². The van der Waals surface area contributed by atoms with Gasteiger partial charge < -0.3 is 5.32 Å². The normalized spacial score (nSPS) is 10.6. The summed E-state index contributed by atoms with van der Waals surface area (Å²) in [4.78, 5) is 1.14. The fourth-order valence-corrected chi connectivity index (χ4v) is 2.90. The number of aryl methyl sites for hydroxylation is 2. The van der Waals surface area contributed by atoms with Gasteiger partial charge in [-0.05, 0) is 48.4 Å². The van der Waals surface area contributed by atoms with Crippen molar-refractivity contribution in [2.24, 2.45) is 0 Å². The van der Waals surface area contributed by atoms with Crippen molar-refractivity contribution >= 4 is 17.4 Å². The summed E-state index contributed by atoms with van der Waals surface area (Å²) in [5.74, 6) is 0.806. The van der Waals surface area contributed by atoms with E-state index in [1.807, 2.05) is 25.1 Å². The number of hydrogen-bond acceptors (Lipinski definition) is 2. The number of halogens is 1. The number of hydrogen-bond donors (Lipinski definition) is 1. The number of rotatable bonds is 5. The van der Waals surface area contributed by atoms with Crippen LogP contribution in [0.5, 0.6) is 0 Å². The first-order valence-corrected chi connectivity index (χ1v) is 7.81. The maximum absolute atomic E-state index is 14.0. The van der Waals surface area contributed by atoms with Crippen molar-refractivity contribution in [3.05, 3.63) is 58.9 Å². The summed E-state index contributed by atoms with van der Waals surface area (Å²) in [6, 6.07) is 11.7. The molecule has 106 valence electrons. The van der Waals surface area contributed by atoms with Crippen molar-refractivity contribution in [1.29, 1.82) is 0 Å². The maximum Gasteiger partial charge on any atom is 0.146 e. The van der Waals surface area contributed by atoms with E-state index in [1.54, 1.807) is 17.8 Å². The average molecular weight is 289 g/mol. The lowest BCUT2D eigenvalue weighted by molar-refractivity contribution is 0.627. The SMILES string of the molecule is CCSc1cc(NCc2ccccc2C)c(F)cc1C. The number of anilines is 1. The van der Waals surface area contributed by atoms with Gasteiger partial charge >= 0.3 is 0 Å². The molecule has 0 spiro atoms. The first-order chi connectivity index (χ1) is 9.61. The molecule has 0 radical (unpaired) electrons. The number of benzene rings is 2. The number of nitrogens with one attached hydrogen (secondary N) is 1. The van der Waals surface area contributed by atoms with Gasteiger partial charge in [-0.3, -0.25) is 0 Å². The summed E-state index contributed by atoms with van der Waals surface area (Å²) in [5.41, 5.74) is 3.98. The van der Waals surface area contributed by atoms with Crippen molar-refractivity contribution in [3.63, 3.8) is 0 Å². The second kappa shape index (κ2) is 6.80. The Bertz CT molecular complexity index is 596. The van der Waals surface area contributed by atoms with Crippen LogP contribution in [0.25, 0.3) is 0 Å². The fourth-order valence-electron chi connectivity index (χ4n) is 2.10. The topological polar surface area (TPSA) is 12.0 Å². The molecular weight excluding hydrogens is 269 g/mol. The van der Waals surface area contributed by atoms with E-state index in [0.29, 0.717) is 12.2 Å². The van der Waals surface area contributed by atoms with Crippen LogP contribution in [0.4, 0.5) is 10.1 Å². The molecule has 0 aliphatic heterocycles. The van der Waals surface area contributed by atoms with Gasteiger partial charge in [0, 0.05) is 11.4 Å². The second-order valence-corrected chi connectivity index (χ2v) is 6.12. The largest absolute Gasteiger partial charge is 0.379 e. The van der Waals surface area contributed by atoms with Gasteiger partial charge in [0.25, 0.3) is 0 Å². The van der Waals surface area contributed by atoms with E-state index >= 15 is 0 Å². The Morgan fingerprint density at radius 2 is 1.85 bits per heavy atom. The zero-order valence-corrected chi connectivity index (χ0v) is 13.0. The van der Waals surface area contributed by atoms with Crippen LogP contribution in [-0.2, 0) is 6.54 Å². The molecule has 3 heteroatoms. The second-order valence-electron chi connectivity index (χ2n) is 4.81. The highest BCUT2D eigenvalue weighted by Crippen LogP contribution is 2.28. The lowest BCUT2D eigenvalue weighted by Crippen LogP contribution is -2.03. The summed E-state index contributed by atoms with van der Waals surface area (Å²) in [5, 5.41) is 3.21.